The molecule has 0 aliphatic carbocycles. The zero-order chi connectivity index (χ0) is 9.98. The average molecular weight is 214 g/mol. The zero-order valence-corrected chi connectivity index (χ0v) is 8.99. The van der Waals surface area contributed by atoms with Gasteiger partial charge in [-0.3, -0.25) is 0 Å². The number of hydrogen-bond donors (Lipinski definition) is 2. The average Bonchev–Trinajstić information content (AvgIpc) is 1.99. The molecule has 0 bridgehead atoms. The normalized spacial score (nSPS) is 11.2. The van der Waals surface area contributed by atoms with Gasteiger partial charge in [0.1, 0.15) is 0 Å². The number of nitrogens with two attached hydrogens (primary N) is 1. The second-order valence-electron chi connectivity index (χ2n) is 2.38. The molecule has 3 nitrogen and oxygen atoms in total. The van der Waals surface area contributed by atoms with E-state index in [9.17, 15) is 0 Å². The smallest absolute Gasteiger partial charge is 0.402 e. The molecule has 74 valence electrons. The van der Waals surface area contributed by atoms with Crippen LogP contribution in [0.15, 0.2) is 0 Å². The fraction of sp³-hybridized carbons (Fsp3) is 0.857. The number of carbonyl (C=O) groups is 1. The molecule has 0 aliphatic rings. The second kappa shape index (κ2) is 10.9. The van der Waals surface area contributed by atoms with Crippen molar-refractivity contribution < 1.29 is 9.90 Å². The van der Waals surface area contributed by atoms with Crippen molar-refractivity contribution in [2.45, 2.75) is 38.4 Å². The van der Waals surface area contributed by atoms with E-state index in [4.69, 9.17) is 20.6 Å². The standard InChI is InChI=1S/C6H13ClS.CH3NO2/c1-3-4-5-6(2)8-7;2-1(3)4/h6H,3-5H2,1-2H3;2H2,(H,3,4). The van der Waals surface area contributed by atoms with Crippen molar-refractivity contribution >= 4 is 27.8 Å². The van der Waals surface area contributed by atoms with Crippen molar-refractivity contribution in [2.24, 2.45) is 5.73 Å². The van der Waals surface area contributed by atoms with Crippen molar-refractivity contribution in [2.75, 3.05) is 0 Å². The minimum Gasteiger partial charge on any atom is -0.465 e. The van der Waals surface area contributed by atoms with Crippen molar-refractivity contribution in [1.82, 2.24) is 0 Å². The van der Waals surface area contributed by atoms with Crippen molar-refractivity contribution in [1.29, 1.82) is 0 Å². The first kappa shape index (κ1) is 14.4. The Morgan fingerprint density at radius 2 is 2.17 bits per heavy atom. The predicted molar refractivity (Wildman–Crippen MR) is 54.6 cm³/mol. The topological polar surface area (TPSA) is 63.3 Å². The molecule has 3 N–H and O–H groups in total. The van der Waals surface area contributed by atoms with Crippen molar-refractivity contribution in [3.05, 3.63) is 0 Å². The van der Waals surface area contributed by atoms with Crippen LogP contribution >= 0.6 is 21.7 Å². The molecule has 0 heterocycles. The third kappa shape index (κ3) is 22.5. The summed E-state index contributed by atoms with van der Waals surface area (Å²) in [6.45, 7) is 4.36. The number of halogens is 1. The summed E-state index contributed by atoms with van der Waals surface area (Å²) >= 11 is 0. The molecule has 0 spiro atoms. The molecule has 0 saturated heterocycles. The highest BCUT2D eigenvalue weighted by atomic mass is 35.7. The molecule has 0 aromatic rings. The van der Waals surface area contributed by atoms with Gasteiger partial charge in [0.2, 0.25) is 0 Å². The maximum Gasteiger partial charge on any atom is 0.402 e. The summed E-state index contributed by atoms with van der Waals surface area (Å²) in [5.74, 6) is 0. The Bertz CT molecular complexity index is 110. The van der Waals surface area contributed by atoms with E-state index in [0.29, 0.717) is 5.25 Å². The first-order chi connectivity index (χ1) is 5.54. The number of amides is 1. The highest BCUT2D eigenvalue weighted by molar-refractivity contribution is 8.21. The monoisotopic (exact) mass is 213 g/mol. The zero-order valence-electron chi connectivity index (χ0n) is 7.42. The van der Waals surface area contributed by atoms with E-state index >= 15 is 0 Å². The minimum atomic E-state index is -1.33. The van der Waals surface area contributed by atoms with E-state index < -0.39 is 6.09 Å². The Labute approximate surface area is 82.2 Å². The van der Waals surface area contributed by atoms with Crippen molar-refractivity contribution in [3.63, 3.8) is 0 Å². The van der Waals surface area contributed by atoms with E-state index in [-0.39, 0.29) is 0 Å². The van der Waals surface area contributed by atoms with Gasteiger partial charge >= 0.3 is 6.09 Å². The van der Waals surface area contributed by atoms with Gasteiger partial charge in [0.05, 0.1) is 0 Å². The molecular formula is C7H16ClNO2S. The minimum absolute atomic E-state index is 0.636. The molecule has 1 amide bonds. The van der Waals surface area contributed by atoms with Crippen LogP contribution in [0.2, 0.25) is 0 Å². The Kier molecular flexibility index (Phi) is 13.1. The van der Waals surface area contributed by atoms with Gasteiger partial charge in [-0.1, -0.05) is 37.7 Å². The quantitative estimate of drug-likeness (QED) is 0.755. The molecule has 0 fully saturated rings. The maximum absolute atomic E-state index is 8.78. The highest BCUT2D eigenvalue weighted by Crippen LogP contribution is 2.19. The lowest BCUT2D eigenvalue weighted by Crippen LogP contribution is -2.03. The van der Waals surface area contributed by atoms with Gasteiger partial charge < -0.3 is 10.8 Å². The molecule has 0 aromatic heterocycles. The summed E-state index contributed by atoms with van der Waals surface area (Å²) in [5, 5.41) is 7.83. The van der Waals surface area contributed by atoms with Crippen LogP contribution in [0, 0.1) is 0 Å². The van der Waals surface area contributed by atoms with Crippen LogP contribution in [0.4, 0.5) is 4.79 Å². The number of hydrogen-bond acceptors (Lipinski definition) is 2. The molecule has 1 unspecified atom stereocenters. The summed E-state index contributed by atoms with van der Waals surface area (Å²) in [4.78, 5) is 8.78. The van der Waals surface area contributed by atoms with Crippen LogP contribution in [-0.4, -0.2) is 16.4 Å². The molecule has 0 saturated carbocycles. The Morgan fingerprint density at radius 1 is 1.75 bits per heavy atom. The van der Waals surface area contributed by atoms with Gasteiger partial charge in [-0.15, -0.1) is 0 Å². The van der Waals surface area contributed by atoms with E-state index in [1.54, 1.807) is 0 Å². The van der Waals surface area contributed by atoms with Gasteiger partial charge in [0.15, 0.2) is 0 Å². The summed E-state index contributed by atoms with van der Waals surface area (Å²) in [7, 11) is 6.94. The van der Waals surface area contributed by atoms with Crippen LogP contribution in [0.25, 0.3) is 0 Å². The Hall–Kier alpha value is -0.0900. The molecule has 0 aromatic carbocycles. The number of carboxylic acid groups (broad SMARTS) is 1. The third-order valence-corrected chi connectivity index (χ3v) is 2.57. The molecule has 12 heavy (non-hydrogen) atoms. The van der Waals surface area contributed by atoms with Crippen LogP contribution in [0.1, 0.15) is 33.1 Å². The third-order valence-electron chi connectivity index (χ3n) is 1.12. The number of unbranched alkanes of at least 4 members (excludes halogenated alkanes) is 1. The van der Waals surface area contributed by atoms with E-state index in [1.165, 1.54) is 30.2 Å². The first-order valence-electron chi connectivity index (χ1n) is 3.80. The fourth-order valence-electron chi connectivity index (χ4n) is 0.536. The molecular weight excluding hydrogens is 198 g/mol. The molecule has 5 heteroatoms. The summed E-state index contributed by atoms with van der Waals surface area (Å²) < 4.78 is 0. The summed E-state index contributed by atoms with van der Waals surface area (Å²) in [6.07, 6.45) is 2.51. The van der Waals surface area contributed by atoms with Crippen LogP contribution in [0.3, 0.4) is 0 Å². The second-order valence-corrected chi connectivity index (χ2v) is 3.90. The van der Waals surface area contributed by atoms with Crippen LogP contribution < -0.4 is 5.73 Å². The summed E-state index contributed by atoms with van der Waals surface area (Å²) in [6, 6.07) is 0. The van der Waals surface area contributed by atoms with Gasteiger partial charge in [-0.05, 0) is 17.1 Å². The van der Waals surface area contributed by atoms with Gasteiger partial charge in [0, 0.05) is 5.25 Å². The number of rotatable bonds is 4. The largest absolute Gasteiger partial charge is 0.465 e. The fourth-order valence-corrected chi connectivity index (χ4v) is 1.06. The van der Waals surface area contributed by atoms with E-state index in [2.05, 4.69) is 19.6 Å². The van der Waals surface area contributed by atoms with Gasteiger partial charge in [-0.2, -0.15) is 0 Å². The first-order valence-corrected chi connectivity index (χ1v) is 5.50. The van der Waals surface area contributed by atoms with Gasteiger partial charge in [-0.25, -0.2) is 4.79 Å². The Morgan fingerprint density at radius 3 is 2.42 bits per heavy atom. The van der Waals surface area contributed by atoms with Crippen molar-refractivity contribution in [3.8, 4) is 0 Å². The lowest BCUT2D eigenvalue weighted by atomic mass is 10.2. The molecule has 0 aliphatic heterocycles. The molecule has 0 rings (SSSR count). The SMILES string of the molecule is CCCCC(C)SCl.NC(=O)O. The van der Waals surface area contributed by atoms with E-state index in [0.717, 1.165) is 0 Å². The van der Waals surface area contributed by atoms with Crippen LogP contribution in [0.5, 0.6) is 0 Å². The number of primary amides is 1. The van der Waals surface area contributed by atoms with Crippen LogP contribution in [-0.2, 0) is 0 Å². The predicted octanol–water partition coefficient (Wildman–Crippen LogP) is 3.08. The van der Waals surface area contributed by atoms with Gasteiger partial charge in [0.25, 0.3) is 0 Å². The lowest BCUT2D eigenvalue weighted by molar-refractivity contribution is 0.205. The molecule has 1 atom stereocenters. The summed E-state index contributed by atoms with van der Waals surface area (Å²) in [5.41, 5.74) is 4.03. The highest BCUT2D eigenvalue weighted by Gasteiger charge is 1.97. The Balaban J connectivity index is 0. The molecule has 0 radical (unpaired) electrons. The maximum atomic E-state index is 8.78. The lowest BCUT2D eigenvalue weighted by Gasteiger charge is -2.02. The van der Waals surface area contributed by atoms with E-state index in [1.807, 2.05) is 0 Å².